The fraction of sp³-hybridized carbons (Fsp3) is 0.172. The van der Waals surface area contributed by atoms with Crippen LogP contribution in [0.4, 0.5) is 0 Å². The lowest BCUT2D eigenvalue weighted by molar-refractivity contribution is 0.416. The van der Waals surface area contributed by atoms with E-state index in [1.165, 1.54) is 71.3 Å². The summed E-state index contributed by atoms with van der Waals surface area (Å²) in [6.07, 6.45) is 9.17. The molecule has 0 heterocycles. The zero-order valence-corrected chi connectivity index (χ0v) is 36.1. The smallest absolute Gasteiger partial charge is 0.126 e. The second-order valence-electron chi connectivity index (χ2n) is 15.3. The Hall–Kier alpha value is -6.44. The number of methoxy groups -OCH3 is 1. The van der Waals surface area contributed by atoms with Crippen molar-refractivity contribution >= 4 is 37.9 Å². The van der Waals surface area contributed by atoms with E-state index in [0.29, 0.717) is 0 Å². The van der Waals surface area contributed by atoms with Crippen LogP contribution in [-0.2, 0) is 5.41 Å². The molecule has 0 unspecified atom stereocenters. The number of hydrogen-bond donors (Lipinski definition) is 0. The molecule has 8 aromatic carbocycles. The molecule has 1 nitrogen and oxygen atoms in total. The van der Waals surface area contributed by atoms with E-state index in [1.807, 2.05) is 44.2 Å². The number of hydrogen-bond acceptors (Lipinski definition) is 1. The third-order valence-corrected chi connectivity index (χ3v) is 11.1. The summed E-state index contributed by atoms with van der Waals surface area (Å²) in [6, 6.07) is 56.2. The predicted octanol–water partition coefficient (Wildman–Crippen LogP) is 16.7. The van der Waals surface area contributed by atoms with E-state index < -0.39 is 0 Å². The van der Waals surface area contributed by atoms with Crippen LogP contribution in [0.2, 0.25) is 0 Å². The summed E-state index contributed by atoms with van der Waals surface area (Å²) in [4.78, 5) is 0. The molecule has 0 fully saturated rings. The molecular weight excluding hydrogens is 713 g/mol. The molecular formula is C58H58O. The minimum atomic E-state index is 0.151. The van der Waals surface area contributed by atoms with Crippen molar-refractivity contribution in [2.45, 2.75) is 60.3 Å². The fourth-order valence-electron chi connectivity index (χ4n) is 8.21. The van der Waals surface area contributed by atoms with Gasteiger partial charge in [-0.15, -0.1) is 0 Å². The Balaban J connectivity index is 0.000000147. The van der Waals surface area contributed by atoms with Gasteiger partial charge in [-0.05, 0) is 104 Å². The van der Waals surface area contributed by atoms with Crippen molar-refractivity contribution < 1.29 is 4.74 Å². The second-order valence-corrected chi connectivity index (χ2v) is 15.3. The number of ether oxygens (including phenoxy) is 1. The van der Waals surface area contributed by atoms with Crippen molar-refractivity contribution in [1.29, 1.82) is 0 Å². The molecule has 0 radical (unpaired) electrons. The van der Waals surface area contributed by atoms with Gasteiger partial charge in [-0.3, -0.25) is 0 Å². The minimum Gasteiger partial charge on any atom is -0.496 e. The average molecular weight is 771 g/mol. The quantitative estimate of drug-likeness (QED) is 0.121. The normalized spacial score (nSPS) is 12.4. The lowest BCUT2D eigenvalue weighted by Crippen LogP contribution is -2.14. The average Bonchev–Trinajstić information content (AvgIpc) is 3.51. The molecule has 0 spiro atoms. The van der Waals surface area contributed by atoms with Gasteiger partial charge in [0.1, 0.15) is 5.75 Å². The van der Waals surface area contributed by atoms with Gasteiger partial charge in [0.2, 0.25) is 0 Å². The van der Waals surface area contributed by atoms with Crippen molar-refractivity contribution in [1.82, 2.24) is 0 Å². The van der Waals surface area contributed by atoms with Crippen LogP contribution in [0.15, 0.2) is 189 Å². The molecule has 0 bridgehead atoms. The molecule has 1 heteroatoms. The Morgan fingerprint density at radius 1 is 0.559 bits per heavy atom. The third kappa shape index (κ3) is 9.01. The Kier molecular flexibility index (Phi) is 13.8. The summed E-state index contributed by atoms with van der Waals surface area (Å²) in [5.74, 6) is 0.887. The summed E-state index contributed by atoms with van der Waals surface area (Å²) in [5.41, 5.74) is 13.1. The highest BCUT2D eigenvalue weighted by Gasteiger charge is 2.34. The number of para-hydroxylation sites is 1. The molecule has 1 aliphatic carbocycles. The van der Waals surface area contributed by atoms with Gasteiger partial charge in [-0.2, -0.15) is 0 Å². The molecule has 0 amide bonds. The van der Waals surface area contributed by atoms with Crippen LogP contribution in [0.3, 0.4) is 0 Å². The lowest BCUT2D eigenvalue weighted by atomic mass is 9.82. The molecule has 0 N–H and O–H groups in total. The number of allylic oxidation sites excluding steroid dienone is 5. The maximum absolute atomic E-state index is 5.47. The Morgan fingerprint density at radius 3 is 1.75 bits per heavy atom. The number of aryl methyl sites for hydroxylation is 2. The summed E-state index contributed by atoms with van der Waals surface area (Å²) < 4.78 is 5.47. The molecule has 59 heavy (non-hydrogen) atoms. The predicted molar refractivity (Wildman–Crippen MR) is 260 cm³/mol. The van der Waals surface area contributed by atoms with Gasteiger partial charge in [-0.1, -0.05) is 222 Å². The Labute approximate surface area is 353 Å². The zero-order chi connectivity index (χ0) is 41.9. The summed E-state index contributed by atoms with van der Waals surface area (Å²) >= 11 is 0. The van der Waals surface area contributed by atoms with E-state index in [4.69, 9.17) is 4.74 Å². The highest BCUT2D eigenvalue weighted by Crippen LogP contribution is 2.48. The van der Waals surface area contributed by atoms with E-state index in [1.54, 1.807) is 7.11 Å². The van der Waals surface area contributed by atoms with Crippen molar-refractivity contribution in [3.05, 3.63) is 216 Å². The first-order chi connectivity index (χ1) is 28.7. The van der Waals surface area contributed by atoms with Crippen LogP contribution in [-0.4, -0.2) is 7.11 Å². The van der Waals surface area contributed by atoms with Crippen molar-refractivity contribution in [2.75, 3.05) is 7.11 Å². The molecule has 0 saturated heterocycles. The van der Waals surface area contributed by atoms with Gasteiger partial charge in [0.05, 0.1) is 7.11 Å². The lowest BCUT2D eigenvalue weighted by Gasteiger charge is -2.21. The number of fused-ring (bicyclic) bond motifs is 9. The van der Waals surface area contributed by atoms with Gasteiger partial charge in [0.15, 0.2) is 0 Å². The van der Waals surface area contributed by atoms with Gasteiger partial charge in [-0.25, -0.2) is 0 Å². The standard InChI is InChI=1S/C21H22O.C19H14.C16H16.C2H6/c1-4-6-11-17(10-5-2)18-12-9-13-19(16-18)20-14-7-8-15-21(20)22-3;1-13-10-11-18-16-8-3-2-6-14(16)15-7-4-5-9-17(15)19(18)12-13;1-11-8-9-13-12-6-4-5-7-14(12)16(2,3)15(13)10-11;1-2/h5-16H,2,4H2,1,3H3;2-12H,1H3;4-10H,1-3H3;1-2H3/b11-6-,17-10+;;;. The van der Waals surface area contributed by atoms with Crippen molar-refractivity contribution in [3.63, 3.8) is 0 Å². The van der Waals surface area contributed by atoms with Crippen LogP contribution in [0.1, 0.15) is 68.9 Å². The van der Waals surface area contributed by atoms with E-state index in [0.717, 1.165) is 28.9 Å². The van der Waals surface area contributed by atoms with Gasteiger partial charge < -0.3 is 4.74 Å². The maximum Gasteiger partial charge on any atom is 0.126 e. The van der Waals surface area contributed by atoms with E-state index in [2.05, 4.69) is 193 Å². The molecule has 1 aliphatic rings. The van der Waals surface area contributed by atoms with Crippen LogP contribution in [0.25, 0.3) is 60.1 Å². The zero-order valence-electron chi connectivity index (χ0n) is 36.1. The van der Waals surface area contributed by atoms with Crippen LogP contribution < -0.4 is 4.74 Å². The second kappa shape index (κ2) is 19.3. The van der Waals surface area contributed by atoms with Gasteiger partial charge >= 0.3 is 0 Å². The monoisotopic (exact) mass is 770 g/mol. The van der Waals surface area contributed by atoms with Crippen LogP contribution in [0.5, 0.6) is 5.75 Å². The Bertz CT molecular complexity index is 2740. The first-order valence-electron chi connectivity index (χ1n) is 21.0. The van der Waals surface area contributed by atoms with Crippen molar-refractivity contribution in [3.8, 4) is 28.0 Å². The van der Waals surface area contributed by atoms with E-state index in [-0.39, 0.29) is 5.41 Å². The molecule has 0 aromatic heterocycles. The SMILES string of the molecule is C=C/C=C(\C=C/CC)c1cccc(-c2ccccc2OC)c1.CC.Cc1ccc2c(c1)C(C)(C)c1ccccc1-2.Cc1ccc2c3ccccc3c3ccccc3c2c1. The van der Waals surface area contributed by atoms with E-state index >= 15 is 0 Å². The Morgan fingerprint density at radius 2 is 1.10 bits per heavy atom. The first-order valence-corrected chi connectivity index (χ1v) is 21.0. The molecule has 0 atom stereocenters. The minimum absolute atomic E-state index is 0.151. The number of benzene rings is 8. The molecule has 0 aliphatic heterocycles. The maximum atomic E-state index is 5.47. The third-order valence-electron chi connectivity index (χ3n) is 11.1. The highest BCUT2D eigenvalue weighted by atomic mass is 16.5. The summed E-state index contributed by atoms with van der Waals surface area (Å²) in [5, 5.41) is 8.08. The molecule has 296 valence electrons. The molecule has 0 saturated carbocycles. The van der Waals surface area contributed by atoms with E-state index in [9.17, 15) is 0 Å². The summed E-state index contributed by atoms with van der Waals surface area (Å²) in [7, 11) is 1.70. The highest BCUT2D eigenvalue weighted by molar-refractivity contribution is 6.25. The van der Waals surface area contributed by atoms with Crippen molar-refractivity contribution in [2.24, 2.45) is 0 Å². The number of rotatable bonds is 6. The largest absolute Gasteiger partial charge is 0.496 e. The van der Waals surface area contributed by atoms with Gasteiger partial charge in [0.25, 0.3) is 0 Å². The van der Waals surface area contributed by atoms with Crippen LogP contribution in [0, 0.1) is 13.8 Å². The summed E-state index contributed by atoms with van der Waals surface area (Å²) in [6.45, 7) is 18.9. The fourth-order valence-corrected chi connectivity index (χ4v) is 8.21. The molecule has 9 rings (SSSR count). The first kappa shape index (κ1) is 42.2. The van der Waals surface area contributed by atoms with Gasteiger partial charge in [0, 0.05) is 11.0 Å². The van der Waals surface area contributed by atoms with Crippen LogP contribution >= 0.6 is 0 Å². The topological polar surface area (TPSA) is 9.23 Å². The molecule has 8 aromatic rings.